The van der Waals surface area contributed by atoms with Crippen LogP contribution in [0.5, 0.6) is 0 Å². The Morgan fingerprint density at radius 3 is 2.86 bits per heavy atom. The van der Waals surface area contributed by atoms with E-state index in [0.29, 0.717) is 6.04 Å². The second-order valence-corrected chi connectivity index (χ2v) is 6.28. The van der Waals surface area contributed by atoms with E-state index < -0.39 is 10.0 Å². The van der Waals surface area contributed by atoms with E-state index in [0.717, 1.165) is 32.2 Å². The molecule has 0 aromatic carbocycles. The summed E-state index contributed by atoms with van der Waals surface area (Å²) < 4.78 is 25.4. The van der Waals surface area contributed by atoms with Gasteiger partial charge in [0.15, 0.2) is 0 Å². The molecule has 0 aromatic heterocycles. The Balaban J connectivity index is 2.18. The average Bonchev–Trinajstić information content (AvgIpc) is 2.43. The molecule has 82 valence electrons. The molecule has 2 fully saturated rings. The van der Waals surface area contributed by atoms with Crippen LogP contribution in [0, 0.1) is 0 Å². The zero-order valence-electron chi connectivity index (χ0n) is 8.54. The Bertz CT molecular complexity index is 315. The van der Waals surface area contributed by atoms with Crippen molar-refractivity contribution in [3.63, 3.8) is 0 Å². The molecule has 14 heavy (non-hydrogen) atoms. The minimum absolute atomic E-state index is 0.175. The van der Waals surface area contributed by atoms with Crippen molar-refractivity contribution in [3.8, 4) is 0 Å². The number of nitrogens with one attached hydrogen (secondary N) is 2. The topological polar surface area (TPSA) is 58.2 Å². The van der Waals surface area contributed by atoms with Gasteiger partial charge in [0.2, 0.25) is 10.0 Å². The van der Waals surface area contributed by atoms with Gasteiger partial charge in [-0.25, -0.2) is 13.1 Å². The fourth-order valence-electron chi connectivity index (χ4n) is 2.85. The molecule has 0 radical (unpaired) electrons. The quantitative estimate of drug-likeness (QED) is 0.696. The van der Waals surface area contributed by atoms with E-state index in [1.165, 1.54) is 12.7 Å². The number of rotatable bonds is 2. The van der Waals surface area contributed by atoms with Crippen molar-refractivity contribution in [3.05, 3.63) is 0 Å². The van der Waals surface area contributed by atoms with Gasteiger partial charge in [-0.1, -0.05) is 12.8 Å². The van der Waals surface area contributed by atoms with Crippen molar-refractivity contribution in [2.24, 2.45) is 0 Å². The standard InChI is InChI=1S/C9H18N2O2S/c1-14(12,13)11-9-5-3-2-4-8(9)10-7-6-9/h8,10-11H,2-7H2,1H3. The van der Waals surface area contributed by atoms with E-state index in [9.17, 15) is 8.42 Å². The van der Waals surface area contributed by atoms with Gasteiger partial charge in [-0.2, -0.15) is 0 Å². The van der Waals surface area contributed by atoms with Crippen molar-refractivity contribution in [2.75, 3.05) is 12.8 Å². The predicted molar refractivity (Wildman–Crippen MR) is 55.6 cm³/mol. The van der Waals surface area contributed by atoms with Crippen molar-refractivity contribution >= 4 is 10.0 Å². The molecule has 2 N–H and O–H groups in total. The van der Waals surface area contributed by atoms with Crippen LogP contribution in [-0.2, 0) is 10.0 Å². The molecule has 5 heteroatoms. The second-order valence-electron chi connectivity index (χ2n) is 4.53. The molecule has 2 atom stereocenters. The normalized spacial score (nSPS) is 38.2. The molecule has 2 aliphatic rings. The van der Waals surface area contributed by atoms with Gasteiger partial charge in [-0.15, -0.1) is 0 Å². The molecule has 1 saturated heterocycles. The van der Waals surface area contributed by atoms with Gasteiger partial charge in [-0.05, 0) is 25.8 Å². The Morgan fingerprint density at radius 2 is 2.14 bits per heavy atom. The summed E-state index contributed by atoms with van der Waals surface area (Å²) in [5, 5.41) is 3.40. The van der Waals surface area contributed by atoms with E-state index in [2.05, 4.69) is 10.0 Å². The summed E-state index contributed by atoms with van der Waals surface area (Å²) in [6, 6.07) is 0.353. The summed E-state index contributed by atoms with van der Waals surface area (Å²) >= 11 is 0. The van der Waals surface area contributed by atoms with Crippen LogP contribution in [0.3, 0.4) is 0 Å². The molecule has 1 saturated carbocycles. The summed E-state index contributed by atoms with van der Waals surface area (Å²) in [4.78, 5) is 0. The molecule has 0 amide bonds. The highest BCUT2D eigenvalue weighted by molar-refractivity contribution is 7.88. The van der Waals surface area contributed by atoms with Crippen LogP contribution < -0.4 is 10.0 Å². The summed E-state index contributed by atoms with van der Waals surface area (Å²) in [5.41, 5.74) is -0.175. The van der Waals surface area contributed by atoms with Crippen LogP contribution >= 0.6 is 0 Å². The third-order valence-corrected chi connectivity index (χ3v) is 4.16. The van der Waals surface area contributed by atoms with E-state index in [-0.39, 0.29) is 5.54 Å². The highest BCUT2D eigenvalue weighted by Gasteiger charge is 2.45. The molecule has 0 aromatic rings. The first-order valence-electron chi connectivity index (χ1n) is 5.24. The molecular formula is C9H18N2O2S. The fourth-order valence-corrected chi connectivity index (χ4v) is 3.93. The number of hydrogen-bond donors (Lipinski definition) is 2. The fraction of sp³-hybridized carbons (Fsp3) is 1.00. The molecule has 1 aliphatic heterocycles. The highest BCUT2D eigenvalue weighted by atomic mass is 32.2. The number of fused-ring (bicyclic) bond motifs is 1. The van der Waals surface area contributed by atoms with Crippen molar-refractivity contribution in [1.82, 2.24) is 10.0 Å². The first-order valence-corrected chi connectivity index (χ1v) is 7.13. The molecule has 2 unspecified atom stereocenters. The van der Waals surface area contributed by atoms with Crippen LogP contribution in [-0.4, -0.2) is 32.8 Å². The van der Waals surface area contributed by atoms with Gasteiger partial charge in [0, 0.05) is 11.6 Å². The van der Waals surface area contributed by atoms with Gasteiger partial charge in [0.25, 0.3) is 0 Å². The lowest BCUT2D eigenvalue weighted by Crippen LogP contribution is -2.57. The molecule has 0 spiro atoms. The second kappa shape index (κ2) is 3.47. The predicted octanol–water partition coefficient (Wildman–Crippen LogP) is 0.210. The van der Waals surface area contributed by atoms with Gasteiger partial charge < -0.3 is 5.32 Å². The molecule has 4 nitrogen and oxygen atoms in total. The summed E-state index contributed by atoms with van der Waals surface area (Å²) in [5.74, 6) is 0. The lowest BCUT2D eigenvalue weighted by atomic mass is 9.79. The maximum Gasteiger partial charge on any atom is 0.209 e. The maximum atomic E-state index is 11.3. The first kappa shape index (κ1) is 10.4. The van der Waals surface area contributed by atoms with Gasteiger partial charge >= 0.3 is 0 Å². The Hall–Kier alpha value is -0.130. The van der Waals surface area contributed by atoms with E-state index in [1.807, 2.05) is 0 Å². The molecule has 2 rings (SSSR count). The number of hydrogen-bond acceptors (Lipinski definition) is 3. The first-order chi connectivity index (χ1) is 6.52. The van der Waals surface area contributed by atoms with E-state index in [4.69, 9.17) is 0 Å². The van der Waals surface area contributed by atoms with Gasteiger partial charge in [0.05, 0.1) is 6.26 Å². The maximum absolute atomic E-state index is 11.3. The minimum atomic E-state index is -3.08. The smallest absolute Gasteiger partial charge is 0.209 e. The lowest BCUT2D eigenvalue weighted by Gasteiger charge is -2.38. The Morgan fingerprint density at radius 1 is 1.36 bits per heavy atom. The summed E-state index contributed by atoms with van der Waals surface area (Å²) in [6.45, 7) is 0.938. The molecule has 1 heterocycles. The zero-order chi connectivity index (χ0) is 10.2. The van der Waals surface area contributed by atoms with Crippen molar-refractivity contribution in [2.45, 2.75) is 43.7 Å². The molecule has 1 aliphatic carbocycles. The summed E-state index contributed by atoms with van der Waals surface area (Å²) in [7, 11) is -3.08. The zero-order valence-corrected chi connectivity index (χ0v) is 9.36. The van der Waals surface area contributed by atoms with Crippen LogP contribution in [0.1, 0.15) is 32.1 Å². The Kier molecular flexibility index (Phi) is 2.57. The lowest BCUT2D eigenvalue weighted by molar-refractivity contribution is 0.247. The van der Waals surface area contributed by atoms with Gasteiger partial charge in [0.1, 0.15) is 0 Å². The van der Waals surface area contributed by atoms with Crippen molar-refractivity contribution in [1.29, 1.82) is 0 Å². The van der Waals surface area contributed by atoms with Gasteiger partial charge in [-0.3, -0.25) is 0 Å². The Labute approximate surface area is 85.5 Å². The van der Waals surface area contributed by atoms with Crippen LogP contribution in [0.2, 0.25) is 0 Å². The average molecular weight is 218 g/mol. The van der Waals surface area contributed by atoms with Crippen LogP contribution in [0.4, 0.5) is 0 Å². The van der Waals surface area contributed by atoms with Crippen LogP contribution in [0.25, 0.3) is 0 Å². The SMILES string of the molecule is CS(=O)(=O)NC12CCCCC1NCC2. The minimum Gasteiger partial charge on any atom is -0.312 e. The monoisotopic (exact) mass is 218 g/mol. The van der Waals surface area contributed by atoms with E-state index >= 15 is 0 Å². The largest absolute Gasteiger partial charge is 0.312 e. The number of sulfonamides is 1. The van der Waals surface area contributed by atoms with Crippen LogP contribution in [0.15, 0.2) is 0 Å². The van der Waals surface area contributed by atoms with E-state index in [1.54, 1.807) is 0 Å². The molecular weight excluding hydrogens is 200 g/mol. The molecule has 0 bridgehead atoms. The highest BCUT2D eigenvalue weighted by Crippen LogP contribution is 2.35. The third-order valence-electron chi connectivity index (χ3n) is 3.38. The van der Waals surface area contributed by atoms with Crippen molar-refractivity contribution < 1.29 is 8.42 Å². The third kappa shape index (κ3) is 1.94. The summed E-state index contributed by atoms with van der Waals surface area (Å²) in [6.07, 6.45) is 6.63.